The number of halogens is 1. The normalized spacial score (nSPS) is 13.4. The lowest BCUT2D eigenvalue weighted by atomic mass is 9.79. The molecule has 2 unspecified atom stereocenters. The number of methoxy groups -OCH3 is 7. The lowest BCUT2D eigenvalue weighted by molar-refractivity contribution is -0.135. The number of aromatic nitrogens is 1. The number of pyridine rings is 1. The second-order valence-electron chi connectivity index (χ2n) is 41.7. The van der Waals surface area contributed by atoms with Gasteiger partial charge in [-0.3, -0.25) is 4.98 Å². The maximum atomic E-state index is 14.7. The van der Waals surface area contributed by atoms with Crippen molar-refractivity contribution in [2.24, 2.45) is 0 Å². The standard InChI is InChI=1S/C18H28N2O.2C18H30N2O.C17H25FN2O2.C17H27N3O.2C15H24N2O/c1-12(2)19-14(4)20-13(3)18-10-15(11-21-5)6-9-17(18)16-7-8-16;1-13(2)20-14(3)19-11-16-10-15(12-21-7)8-9-17(16)18(4,5)6;1-13(2)17-9-8-15(12-21-7)10-16(17)11-19-14(3)20-18(4,5)6;1-12(2)20-13(3)19-8-15-7-14(9-21-4)5-6-16(15)17(18)10-22-11-17;1-12(2)20-13(3)18-9-15-8-16(11-21-4)19-10-17(15)14-6-5-7-14;1-11(2)17-13(4)16-9-15-8-14(10-18-5)7-6-12(15)3;1-11(2)16-13(4)17-12(3)15-8-6-7-14(9-15)10-18-5/h6,9-10,12-13,16,19-20H,4,7-8,11H2,1-3,5H3;2*8-10,13,19-20H,3,11-12H2,1-2,4-7H3;5-7,12,19-20H,3,8-11H2,1-2,4H3;8,10,12,14,18,20H,3,5-7,9,11H2,1-2,4H3;6-8,11,16-17H,4,9-10H2,1-3,5H3;6-9,11-12,16-17H,4,10H2,1-3,5H3. The Kier molecular flexibility index (Phi) is 56.0. The average Bonchev–Trinajstić information content (AvgIpc) is 0.781. The van der Waals surface area contributed by atoms with Crippen molar-refractivity contribution in [2.45, 2.75) is 353 Å². The summed E-state index contributed by atoms with van der Waals surface area (Å²) in [6.45, 7) is 85.2. The van der Waals surface area contributed by atoms with Crippen LogP contribution in [0.25, 0.3) is 0 Å². The van der Waals surface area contributed by atoms with Gasteiger partial charge in [-0.25, -0.2) is 4.39 Å². The summed E-state index contributed by atoms with van der Waals surface area (Å²) in [5.74, 6) is 7.85. The number of benzene rings is 6. The Morgan fingerprint density at radius 1 is 0.380 bits per heavy atom. The first-order valence-electron chi connectivity index (χ1n) is 50.8. The zero-order valence-electron chi connectivity index (χ0n) is 93.0. The first-order valence-corrected chi connectivity index (χ1v) is 50.8. The molecule has 24 heteroatoms. The molecule has 0 radical (unpaired) electrons. The van der Waals surface area contributed by atoms with Gasteiger partial charge in [0.05, 0.1) is 112 Å². The predicted molar refractivity (Wildman–Crippen MR) is 591 cm³/mol. The van der Waals surface area contributed by atoms with E-state index >= 15 is 0 Å². The van der Waals surface area contributed by atoms with E-state index in [1.807, 2.05) is 38.2 Å². The van der Waals surface area contributed by atoms with Crippen LogP contribution in [0.1, 0.15) is 326 Å². The fraction of sp³-hybridized carbons (Fsp3) is 0.534. The number of alkyl halides is 1. The Morgan fingerprint density at radius 2 is 0.761 bits per heavy atom. The highest BCUT2D eigenvalue weighted by molar-refractivity contribution is 5.42. The molecule has 3 fully saturated rings. The average molecular weight is 1960 g/mol. The van der Waals surface area contributed by atoms with Crippen molar-refractivity contribution < 1.29 is 42.3 Å². The number of nitrogens with zero attached hydrogens (tertiary/aromatic N) is 1. The third-order valence-corrected chi connectivity index (χ3v) is 23.0. The fourth-order valence-corrected chi connectivity index (χ4v) is 16.2. The summed E-state index contributed by atoms with van der Waals surface area (Å²) in [6.07, 6.45) is 8.56. The summed E-state index contributed by atoms with van der Waals surface area (Å²) in [5, 5.41) is 46.3. The summed E-state index contributed by atoms with van der Waals surface area (Å²) in [5.41, 5.74) is 23.0. The number of hydrogen-bond donors (Lipinski definition) is 14. The van der Waals surface area contributed by atoms with Crippen LogP contribution in [0.15, 0.2) is 214 Å². The molecule has 2 atom stereocenters. The van der Waals surface area contributed by atoms with Crippen LogP contribution in [0.3, 0.4) is 0 Å². The quantitative estimate of drug-likeness (QED) is 0.0169. The van der Waals surface area contributed by atoms with Gasteiger partial charge in [-0.15, -0.1) is 0 Å². The molecule has 10 rings (SSSR count). The molecule has 0 amide bonds. The largest absolute Gasteiger partial charge is 0.380 e. The summed E-state index contributed by atoms with van der Waals surface area (Å²) in [4.78, 5) is 4.52. The lowest BCUT2D eigenvalue weighted by Gasteiger charge is -2.35. The van der Waals surface area contributed by atoms with Crippen LogP contribution in [-0.4, -0.2) is 110 Å². The molecule has 0 spiro atoms. The highest BCUT2D eigenvalue weighted by atomic mass is 19.1. The zero-order valence-corrected chi connectivity index (χ0v) is 93.0. The number of hydrogen-bond acceptors (Lipinski definition) is 23. The van der Waals surface area contributed by atoms with E-state index in [-0.39, 0.29) is 36.3 Å². The Morgan fingerprint density at radius 3 is 1.19 bits per heavy atom. The molecular weight excluding hydrogens is 1770 g/mol. The number of aryl methyl sites for hydroxylation is 1. The van der Waals surface area contributed by atoms with Gasteiger partial charge in [0.15, 0.2) is 5.67 Å². The van der Waals surface area contributed by atoms with Crippen molar-refractivity contribution in [2.75, 3.05) is 63.0 Å². The van der Waals surface area contributed by atoms with E-state index in [9.17, 15) is 4.39 Å². The first-order chi connectivity index (χ1) is 67.1. The van der Waals surface area contributed by atoms with Crippen LogP contribution in [-0.2, 0) is 128 Å². The topological polar surface area (TPSA) is 255 Å². The van der Waals surface area contributed by atoms with Crippen LogP contribution in [0, 0.1) is 6.92 Å². The Bertz CT molecular complexity index is 4940. The SMILES string of the molecule is C=C(NC(C)C)NC(C)c1cc(COC)ccc1C1CC1.C=C(NC(C)C)NC(C)c1cccc(COC)c1.C=C(NCc1cc(COC)ccc1C(C)(C)C)NC(C)C.C=C(NCc1cc(COC)ccc1C(C)C)NC(C)(C)C.C=C(NCc1cc(COC)ccc1C)NC(C)C.C=C(NCc1cc(COC)ccc1C1(F)COC1)NC(C)C.C=C(NCc1cc(COC)ncc1C1CCC1)NC(C)C. The van der Waals surface area contributed by atoms with Crippen LogP contribution in [0.4, 0.5) is 4.39 Å². The number of ether oxygens (including phenoxy) is 8. The van der Waals surface area contributed by atoms with E-state index in [1.54, 1.807) is 49.8 Å². The van der Waals surface area contributed by atoms with E-state index in [4.69, 9.17) is 37.9 Å². The van der Waals surface area contributed by atoms with Gasteiger partial charge in [0.1, 0.15) is 0 Å². The molecule has 0 bridgehead atoms. The molecule has 6 aromatic carbocycles. The minimum atomic E-state index is -1.38. The van der Waals surface area contributed by atoms with E-state index < -0.39 is 5.67 Å². The van der Waals surface area contributed by atoms with Gasteiger partial charge >= 0.3 is 0 Å². The maximum Gasteiger partial charge on any atom is 0.182 e. The molecule has 2 aliphatic carbocycles. The van der Waals surface area contributed by atoms with Crippen molar-refractivity contribution in [3.63, 3.8) is 0 Å². The Balaban J connectivity index is 0.000000346. The lowest BCUT2D eigenvalue weighted by Crippen LogP contribution is -2.43. The summed E-state index contributed by atoms with van der Waals surface area (Å²) >= 11 is 0. The van der Waals surface area contributed by atoms with Crippen molar-refractivity contribution >= 4 is 0 Å². The van der Waals surface area contributed by atoms with Crippen molar-refractivity contribution in [3.05, 3.63) is 326 Å². The fourth-order valence-electron chi connectivity index (χ4n) is 16.2. The molecule has 2 heterocycles. The van der Waals surface area contributed by atoms with Crippen LogP contribution in [0.2, 0.25) is 0 Å². The smallest absolute Gasteiger partial charge is 0.182 e. The summed E-state index contributed by atoms with van der Waals surface area (Å²) in [6, 6.07) is 45.3. The maximum absolute atomic E-state index is 14.7. The molecule has 1 aromatic heterocycles. The van der Waals surface area contributed by atoms with E-state index in [2.05, 4.69) is 374 Å². The van der Waals surface area contributed by atoms with Crippen molar-refractivity contribution in [1.82, 2.24) is 79.4 Å². The van der Waals surface area contributed by atoms with Gasteiger partial charge < -0.3 is 112 Å². The number of rotatable bonds is 52. The highest BCUT2D eigenvalue weighted by Gasteiger charge is 2.42. The molecular formula is C118H188FN15O8. The second kappa shape index (κ2) is 64.3. The molecule has 1 saturated heterocycles. The number of nitrogens with one attached hydrogen (secondary N) is 14. The first kappa shape index (κ1) is 124. The monoisotopic (exact) mass is 1960 g/mol. The molecule has 2 saturated carbocycles. The zero-order chi connectivity index (χ0) is 106. The van der Waals surface area contributed by atoms with Crippen molar-refractivity contribution in [1.29, 1.82) is 0 Å². The summed E-state index contributed by atoms with van der Waals surface area (Å²) in [7, 11) is 12.0. The van der Waals surface area contributed by atoms with E-state index in [0.29, 0.717) is 106 Å². The summed E-state index contributed by atoms with van der Waals surface area (Å²) < 4.78 is 56.1. The molecule has 14 N–H and O–H groups in total. The van der Waals surface area contributed by atoms with Crippen LogP contribution in [0.5, 0.6) is 0 Å². The minimum absolute atomic E-state index is 0.0167. The molecule has 142 heavy (non-hydrogen) atoms. The molecule has 3 aliphatic rings. The third kappa shape index (κ3) is 48.7. The molecule has 1 aliphatic heterocycles. The van der Waals surface area contributed by atoms with Crippen LogP contribution < -0.4 is 74.4 Å². The van der Waals surface area contributed by atoms with Gasteiger partial charge in [-0.1, -0.05) is 202 Å². The van der Waals surface area contributed by atoms with Crippen LogP contribution >= 0.6 is 0 Å². The minimum Gasteiger partial charge on any atom is -0.380 e. The van der Waals surface area contributed by atoms with E-state index in [0.717, 1.165) is 89.7 Å². The molecule has 23 nitrogen and oxygen atoms in total. The second-order valence-corrected chi connectivity index (χ2v) is 41.7. The van der Waals surface area contributed by atoms with Gasteiger partial charge in [-0.05, 0) is 285 Å². The third-order valence-electron chi connectivity index (χ3n) is 23.0. The Labute approximate surface area is 858 Å². The van der Waals surface area contributed by atoms with Gasteiger partial charge in [0.2, 0.25) is 0 Å². The van der Waals surface area contributed by atoms with Crippen molar-refractivity contribution in [3.8, 4) is 0 Å². The highest BCUT2D eigenvalue weighted by Crippen LogP contribution is 2.44. The van der Waals surface area contributed by atoms with Gasteiger partial charge in [-0.2, -0.15) is 0 Å². The van der Waals surface area contributed by atoms with Gasteiger partial charge in [0.25, 0.3) is 0 Å². The predicted octanol–water partition coefficient (Wildman–Crippen LogP) is 22.7. The van der Waals surface area contributed by atoms with Gasteiger partial charge in [0, 0.05) is 137 Å². The molecule has 790 valence electrons. The molecule has 7 aromatic rings. The van der Waals surface area contributed by atoms with E-state index in [1.165, 1.54) is 121 Å². The Hall–Kier alpha value is -10.5.